The molecule has 0 aromatic rings. The molecular weight excluding hydrogens is 230 g/mol. The number of aliphatic hydroxyl groups excluding tert-OH is 1. The van der Waals surface area contributed by atoms with Crippen LogP contribution in [-0.4, -0.2) is 36.8 Å². The Bertz CT molecular complexity index is 152. The molecule has 0 rings (SSSR count). The van der Waals surface area contributed by atoms with Crippen LogP contribution >= 0.6 is 11.8 Å². The molecule has 0 bridgehead atoms. The monoisotopic (exact) mass is 261 g/mol. The van der Waals surface area contributed by atoms with E-state index in [0.29, 0.717) is 6.61 Å². The third-order valence-corrected chi connectivity index (χ3v) is 4.48. The smallest absolute Gasteiger partial charge is 0.0499 e. The molecule has 0 saturated carbocycles. The Hall–Kier alpha value is 0.270. The van der Waals surface area contributed by atoms with Crippen LogP contribution in [0.5, 0.6) is 0 Å². The number of unbranched alkanes of at least 4 members (excludes halogenated alkanes) is 3. The lowest BCUT2D eigenvalue weighted by Crippen LogP contribution is -2.36. The summed E-state index contributed by atoms with van der Waals surface area (Å²) in [4.78, 5) is 0. The standard InChI is InChI=1S/C14H31NOS/c1-4-14(5-2,13-16)12-15-10-8-6-7-9-11-17-3/h15-16H,4-13H2,1-3H3. The van der Waals surface area contributed by atoms with Crippen molar-refractivity contribution < 1.29 is 5.11 Å². The van der Waals surface area contributed by atoms with E-state index in [4.69, 9.17) is 0 Å². The molecule has 0 spiro atoms. The summed E-state index contributed by atoms with van der Waals surface area (Å²) in [5.41, 5.74) is 0.110. The van der Waals surface area contributed by atoms with Crippen molar-refractivity contribution in [2.45, 2.75) is 52.4 Å². The molecule has 0 radical (unpaired) electrons. The van der Waals surface area contributed by atoms with Gasteiger partial charge in [0.15, 0.2) is 0 Å². The summed E-state index contributed by atoms with van der Waals surface area (Å²) in [6, 6.07) is 0. The maximum absolute atomic E-state index is 9.43. The van der Waals surface area contributed by atoms with E-state index in [9.17, 15) is 5.11 Å². The quantitative estimate of drug-likeness (QED) is 0.529. The third kappa shape index (κ3) is 8.06. The van der Waals surface area contributed by atoms with Gasteiger partial charge in [0.1, 0.15) is 0 Å². The molecule has 2 N–H and O–H groups in total. The fourth-order valence-corrected chi connectivity index (χ4v) is 2.48. The summed E-state index contributed by atoms with van der Waals surface area (Å²) in [5, 5.41) is 12.9. The van der Waals surface area contributed by atoms with E-state index in [0.717, 1.165) is 25.9 Å². The number of hydrogen-bond acceptors (Lipinski definition) is 3. The molecule has 0 aromatic carbocycles. The van der Waals surface area contributed by atoms with Crippen molar-refractivity contribution in [1.29, 1.82) is 0 Å². The zero-order chi connectivity index (χ0) is 13.0. The Balaban J connectivity index is 3.43. The van der Waals surface area contributed by atoms with Gasteiger partial charge in [0, 0.05) is 18.6 Å². The fourth-order valence-electron chi connectivity index (χ4n) is 1.98. The molecule has 0 atom stereocenters. The van der Waals surface area contributed by atoms with Gasteiger partial charge in [-0.1, -0.05) is 26.7 Å². The van der Waals surface area contributed by atoms with E-state index >= 15 is 0 Å². The Morgan fingerprint density at radius 2 is 1.71 bits per heavy atom. The van der Waals surface area contributed by atoms with Gasteiger partial charge in [-0.3, -0.25) is 0 Å². The number of nitrogens with one attached hydrogen (secondary N) is 1. The molecule has 104 valence electrons. The van der Waals surface area contributed by atoms with Crippen LogP contribution in [0.25, 0.3) is 0 Å². The molecule has 0 aromatic heterocycles. The topological polar surface area (TPSA) is 32.3 Å². The highest BCUT2D eigenvalue weighted by atomic mass is 32.2. The molecule has 17 heavy (non-hydrogen) atoms. The SMILES string of the molecule is CCC(CC)(CO)CNCCCCCCSC. The minimum Gasteiger partial charge on any atom is -0.396 e. The zero-order valence-corrected chi connectivity index (χ0v) is 12.7. The average Bonchev–Trinajstić information content (AvgIpc) is 2.38. The van der Waals surface area contributed by atoms with Crippen molar-refractivity contribution in [2.24, 2.45) is 5.41 Å². The van der Waals surface area contributed by atoms with Gasteiger partial charge in [-0.25, -0.2) is 0 Å². The molecule has 0 unspecified atom stereocenters. The van der Waals surface area contributed by atoms with E-state index in [-0.39, 0.29) is 5.41 Å². The van der Waals surface area contributed by atoms with Crippen LogP contribution in [0.1, 0.15) is 52.4 Å². The Kier molecular flexibility index (Phi) is 11.5. The van der Waals surface area contributed by atoms with Gasteiger partial charge in [0.2, 0.25) is 0 Å². The highest BCUT2D eigenvalue weighted by Gasteiger charge is 2.24. The first-order valence-corrected chi connectivity index (χ1v) is 8.44. The molecule has 0 saturated heterocycles. The van der Waals surface area contributed by atoms with Crippen LogP contribution in [0.4, 0.5) is 0 Å². The Morgan fingerprint density at radius 1 is 1.06 bits per heavy atom. The van der Waals surface area contributed by atoms with Crippen LogP contribution < -0.4 is 5.32 Å². The molecular formula is C14H31NOS. The van der Waals surface area contributed by atoms with Gasteiger partial charge in [0.25, 0.3) is 0 Å². The van der Waals surface area contributed by atoms with Crippen LogP contribution in [-0.2, 0) is 0 Å². The fraction of sp³-hybridized carbons (Fsp3) is 1.00. The van der Waals surface area contributed by atoms with E-state index < -0.39 is 0 Å². The number of aliphatic hydroxyl groups is 1. The van der Waals surface area contributed by atoms with Gasteiger partial charge in [-0.15, -0.1) is 0 Å². The lowest BCUT2D eigenvalue weighted by Gasteiger charge is -2.29. The van der Waals surface area contributed by atoms with Gasteiger partial charge < -0.3 is 10.4 Å². The number of thioether (sulfide) groups is 1. The highest BCUT2D eigenvalue weighted by molar-refractivity contribution is 7.98. The molecule has 2 nitrogen and oxygen atoms in total. The van der Waals surface area contributed by atoms with E-state index in [2.05, 4.69) is 25.4 Å². The Labute approximate surface area is 112 Å². The molecule has 0 aliphatic carbocycles. The molecule has 0 fully saturated rings. The van der Waals surface area contributed by atoms with Crippen molar-refractivity contribution >= 4 is 11.8 Å². The Morgan fingerprint density at radius 3 is 2.24 bits per heavy atom. The van der Waals surface area contributed by atoms with Crippen LogP contribution in [0.3, 0.4) is 0 Å². The summed E-state index contributed by atoms with van der Waals surface area (Å²) < 4.78 is 0. The van der Waals surface area contributed by atoms with Gasteiger partial charge >= 0.3 is 0 Å². The van der Waals surface area contributed by atoms with Crippen LogP contribution in [0.15, 0.2) is 0 Å². The second-order valence-corrected chi connectivity index (χ2v) is 5.93. The molecule has 0 aliphatic heterocycles. The third-order valence-electron chi connectivity index (χ3n) is 3.79. The first-order chi connectivity index (χ1) is 8.24. The predicted molar refractivity (Wildman–Crippen MR) is 79.8 cm³/mol. The maximum atomic E-state index is 9.43. The lowest BCUT2D eigenvalue weighted by molar-refractivity contribution is 0.113. The second-order valence-electron chi connectivity index (χ2n) is 4.95. The summed E-state index contributed by atoms with van der Waals surface area (Å²) in [6.07, 6.45) is 9.59. The van der Waals surface area contributed by atoms with Crippen molar-refractivity contribution in [3.8, 4) is 0 Å². The van der Waals surface area contributed by atoms with Crippen LogP contribution in [0.2, 0.25) is 0 Å². The van der Waals surface area contributed by atoms with Gasteiger partial charge in [0.05, 0.1) is 0 Å². The van der Waals surface area contributed by atoms with Crippen LogP contribution in [0, 0.1) is 5.41 Å². The zero-order valence-electron chi connectivity index (χ0n) is 11.9. The van der Waals surface area contributed by atoms with Crippen molar-refractivity contribution in [3.05, 3.63) is 0 Å². The number of hydrogen-bond donors (Lipinski definition) is 2. The van der Waals surface area contributed by atoms with Crippen molar-refractivity contribution in [2.75, 3.05) is 31.7 Å². The molecule has 0 heterocycles. The summed E-state index contributed by atoms with van der Waals surface area (Å²) >= 11 is 1.94. The predicted octanol–water partition coefficient (Wildman–Crippen LogP) is 3.30. The maximum Gasteiger partial charge on any atom is 0.0499 e. The average molecular weight is 261 g/mol. The highest BCUT2D eigenvalue weighted by Crippen LogP contribution is 2.24. The lowest BCUT2D eigenvalue weighted by atomic mass is 9.83. The van der Waals surface area contributed by atoms with Gasteiger partial charge in [-0.2, -0.15) is 11.8 Å². The summed E-state index contributed by atoms with van der Waals surface area (Å²) in [6.45, 7) is 6.71. The van der Waals surface area contributed by atoms with E-state index in [1.807, 2.05) is 11.8 Å². The molecule has 0 aliphatic rings. The molecule has 3 heteroatoms. The van der Waals surface area contributed by atoms with Crippen molar-refractivity contribution in [1.82, 2.24) is 5.32 Å². The number of rotatable bonds is 12. The minimum absolute atomic E-state index is 0.110. The van der Waals surface area contributed by atoms with Gasteiger partial charge in [-0.05, 0) is 44.2 Å². The van der Waals surface area contributed by atoms with E-state index in [1.165, 1.54) is 31.4 Å². The first-order valence-electron chi connectivity index (χ1n) is 7.05. The summed E-state index contributed by atoms with van der Waals surface area (Å²) in [5.74, 6) is 1.30. The largest absolute Gasteiger partial charge is 0.396 e. The normalized spacial score (nSPS) is 12.0. The first kappa shape index (κ1) is 17.3. The second kappa shape index (κ2) is 11.4. The van der Waals surface area contributed by atoms with Crippen molar-refractivity contribution in [3.63, 3.8) is 0 Å². The molecule has 0 amide bonds. The minimum atomic E-state index is 0.110. The van der Waals surface area contributed by atoms with E-state index in [1.54, 1.807) is 0 Å². The summed E-state index contributed by atoms with van der Waals surface area (Å²) in [7, 11) is 0.